The molecule has 1 aromatic carbocycles. The minimum Gasteiger partial charge on any atom is -0.384 e. The zero-order valence-electron chi connectivity index (χ0n) is 12.5. The van der Waals surface area contributed by atoms with Gasteiger partial charge in [0.25, 0.3) is 0 Å². The molecule has 0 amide bonds. The van der Waals surface area contributed by atoms with E-state index in [0.717, 1.165) is 36.6 Å². The van der Waals surface area contributed by atoms with Gasteiger partial charge in [-0.1, -0.05) is 30.3 Å². The molecule has 3 rings (SSSR count). The van der Waals surface area contributed by atoms with E-state index >= 15 is 0 Å². The monoisotopic (exact) mass is 283 g/mol. The normalized spacial score (nSPS) is 18.2. The van der Waals surface area contributed by atoms with Crippen LogP contribution in [0.15, 0.2) is 30.3 Å². The first-order chi connectivity index (χ1) is 10.1. The quantitative estimate of drug-likeness (QED) is 0.668. The van der Waals surface area contributed by atoms with Crippen LogP contribution in [0.2, 0.25) is 0 Å². The Hall–Kier alpha value is -2.30. The van der Waals surface area contributed by atoms with Crippen LogP contribution < -0.4 is 10.6 Å². The van der Waals surface area contributed by atoms with Crippen LogP contribution in [0.5, 0.6) is 0 Å². The average Bonchev–Trinajstić information content (AvgIpc) is 3.04. The van der Waals surface area contributed by atoms with E-state index < -0.39 is 0 Å². The fourth-order valence-corrected chi connectivity index (χ4v) is 3.27. The molecule has 0 aliphatic carbocycles. The van der Waals surface area contributed by atoms with Crippen LogP contribution in [0.1, 0.15) is 29.2 Å². The van der Waals surface area contributed by atoms with Gasteiger partial charge in [-0.2, -0.15) is 5.10 Å². The van der Waals surface area contributed by atoms with Gasteiger partial charge in [-0.15, -0.1) is 0 Å². The summed E-state index contributed by atoms with van der Waals surface area (Å²) in [5.41, 5.74) is 8.72. The number of nitrogens with two attached hydrogens (primary N) is 1. The van der Waals surface area contributed by atoms with Crippen LogP contribution in [-0.2, 0) is 7.05 Å². The van der Waals surface area contributed by atoms with Crippen LogP contribution in [0.25, 0.3) is 0 Å². The number of anilines is 1. The molecule has 110 valence electrons. The Labute approximate surface area is 124 Å². The highest BCUT2D eigenvalue weighted by Crippen LogP contribution is 2.32. The SMILES string of the molecule is Cc1nn(C)c(N2CCC(c3ccccc3)C2)c1C(=N)N. The van der Waals surface area contributed by atoms with E-state index in [9.17, 15) is 0 Å². The Morgan fingerprint density at radius 1 is 1.33 bits per heavy atom. The third kappa shape index (κ3) is 2.39. The lowest BCUT2D eigenvalue weighted by Gasteiger charge is -2.20. The maximum Gasteiger partial charge on any atom is 0.137 e. The van der Waals surface area contributed by atoms with E-state index in [0.29, 0.717) is 5.92 Å². The predicted octanol–water partition coefficient (Wildman–Crippen LogP) is 2.01. The largest absolute Gasteiger partial charge is 0.384 e. The molecule has 0 saturated carbocycles. The minimum atomic E-state index is 0.0961. The van der Waals surface area contributed by atoms with Crippen molar-refractivity contribution < 1.29 is 0 Å². The molecule has 0 bridgehead atoms. The number of aryl methyl sites for hydroxylation is 2. The fraction of sp³-hybridized carbons (Fsp3) is 0.375. The number of amidine groups is 1. The smallest absolute Gasteiger partial charge is 0.137 e. The number of rotatable bonds is 3. The van der Waals surface area contributed by atoms with E-state index in [1.54, 1.807) is 0 Å². The van der Waals surface area contributed by atoms with E-state index in [2.05, 4.69) is 40.3 Å². The van der Waals surface area contributed by atoms with Gasteiger partial charge in [-0.05, 0) is 18.9 Å². The lowest BCUT2D eigenvalue weighted by Crippen LogP contribution is -2.25. The number of hydrogen-bond donors (Lipinski definition) is 2. The number of nitrogen functional groups attached to an aromatic ring is 1. The van der Waals surface area contributed by atoms with E-state index in [4.69, 9.17) is 11.1 Å². The van der Waals surface area contributed by atoms with Crippen LogP contribution >= 0.6 is 0 Å². The second-order valence-corrected chi connectivity index (χ2v) is 5.66. The van der Waals surface area contributed by atoms with Gasteiger partial charge in [0.2, 0.25) is 0 Å². The third-order valence-corrected chi connectivity index (χ3v) is 4.22. The maximum atomic E-state index is 7.81. The van der Waals surface area contributed by atoms with Crippen molar-refractivity contribution in [3.8, 4) is 0 Å². The zero-order chi connectivity index (χ0) is 15.0. The molecule has 1 aromatic heterocycles. The van der Waals surface area contributed by atoms with Crippen molar-refractivity contribution in [2.75, 3.05) is 18.0 Å². The summed E-state index contributed by atoms with van der Waals surface area (Å²) in [4.78, 5) is 2.30. The van der Waals surface area contributed by atoms with Crippen molar-refractivity contribution in [3.05, 3.63) is 47.2 Å². The molecule has 2 heterocycles. The minimum absolute atomic E-state index is 0.0961. The summed E-state index contributed by atoms with van der Waals surface area (Å²) in [7, 11) is 1.92. The van der Waals surface area contributed by atoms with Crippen LogP contribution in [-0.4, -0.2) is 28.7 Å². The van der Waals surface area contributed by atoms with Crippen molar-refractivity contribution >= 4 is 11.7 Å². The summed E-state index contributed by atoms with van der Waals surface area (Å²) >= 11 is 0. The molecule has 5 nitrogen and oxygen atoms in total. The van der Waals surface area contributed by atoms with Crippen molar-refractivity contribution in [2.45, 2.75) is 19.3 Å². The molecule has 2 aromatic rings. The molecule has 1 saturated heterocycles. The molecular formula is C16H21N5. The molecule has 5 heteroatoms. The summed E-state index contributed by atoms with van der Waals surface area (Å²) in [5, 5.41) is 12.2. The molecule has 1 atom stereocenters. The Kier molecular flexibility index (Phi) is 3.41. The first kappa shape index (κ1) is 13.7. The van der Waals surface area contributed by atoms with Gasteiger partial charge in [0.1, 0.15) is 11.7 Å². The summed E-state index contributed by atoms with van der Waals surface area (Å²) in [6.07, 6.45) is 1.12. The maximum absolute atomic E-state index is 7.81. The van der Waals surface area contributed by atoms with Gasteiger partial charge in [0, 0.05) is 26.1 Å². The first-order valence-corrected chi connectivity index (χ1v) is 7.26. The summed E-state index contributed by atoms with van der Waals surface area (Å²) in [6.45, 7) is 3.83. The topological polar surface area (TPSA) is 70.9 Å². The van der Waals surface area contributed by atoms with Gasteiger partial charge in [-0.3, -0.25) is 10.1 Å². The highest BCUT2D eigenvalue weighted by atomic mass is 15.4. The van der Waals surface area contributed by atoms with E-state index in [1.165, 1.54) is 5.56 Å². The second kappa shape index (κ2) is 5.24. The fourth-order valence-electron chi connectivity index (χ4n) is 3.27. The van der Waals surface area contributed by atoms with Crippen molar-refractivity contribution in [1.82, 2.24) is 9.78 Å². The highest BCUT2D eigenvalue weighted by molar-refractivity contribution is 6.01. The highest BCUT2D eigenvalue weighted by Gasteiger charge is 2.29. The summed E-state index contributed by atoms with van der Waals surface area (Å²) in [5.74, 6) is 1.60. The van der Waals surface area contributed by atoms with Crippen LogP contribution in [0.4, 0.5) is 5.82 Å². The van der Waals surface area contributed by atoms with Crippen LogP contribution in [0, 0.1) is 12.3 Å². The summed E-state index contributed by atoms with van der Waals surface area (Å²) in [6, 6.07) is 10.6. The molecule has 1 aliphatic rings. The predicted molar refractivity (Wildman–Crippen MR) is 85.0 cm³/mol. The lowest BCUT2D eigenvalue weighted by molar-refractivity contribution is 0.726. The first-order valence-electron chi connectivity index (χ1n) is 7.26. The van der Waals surface area contributed by atoms with Gasteiger partial charge >= 0.3 is 0 Å². The van der Waals surface area contributed by atoms with Crippen molar-refractivity contribution in [2.24, 2.45) is 12.8 Å². The zero-order valence-corrected chi connectivity index (χ0v) is 12.5. The second-order valence-electron chi connectivity index (χ2n) is 5.66. The van der Waals surface area contributed by atoms with Crippen molar-refractivity contribution in [3.63, 3.8) is 0 Å². The molecule has 1 fully saturated rings. The number of aromatic nitrogens is 2. The van der Waals surface area contributed by atoms with E-state index in [1.807, 2.05) is 18.7 Å². The molecular weight excluding hydrogens is 262 g/mol. The van der Waals surface area contributed by atoms with Gasteiger partial charge < -0.3 is 10.6 Å². The number of nitrogens with zero attached hydrogens (tertiary/aromatic N) is 3. The third-order valence-electron chi connectivity index (χ3n) is 4.22. The lowest BCUT2D eigenvalue weighted by atomic mass is 9.99. The molecule has 3 N–H and O–H groups in total. The van der Waals surface area contributed by atoms with Gasteiger partial charge in [0.05, 0.1) is 11.3 Å². The number of hydrogen-bond acceptors (Lipinski definition) is 3. The Morgan fingerprint density at radius 3 is 2.71 bits per heavy atom. The molecule has 21 heavy (non-hydrogen) atoms. The molecule has 1 unspecified atom stereocenters. The summed E-state index contributed by atoms with van der Waals surface area (Å²) < 4.78 is 1.85. The van der Waals surface area contributed by atoms with Crippen LogP contribution in [0.3, 0.4) is 0 Å². The van der Waals surface area contributed by atoms with Crippen molar-refractivity contribution in [1.29, 1.82) is 5.41 Å². The van der Waals surface area contributed by atoms with Gasteiger partial charge in [0.15, 0.2) is 0 Å². The van der Waals surface area contributed by atoms with Gasteiger partial charge in [-0.25, -0.2) is 0 Å². The number of benzene rings is 1. The Bertz CT molecular complexity index is 659. The van der Waals surface area contributed by atoms with E-state index in [-0.39, 0.29) is 5.84 Å². The molecule has 0 radical (unpaired) electrons. The standard InChI is InChI=1S/C16H21N5/c1-11-14(15(17)18)16(20(2)19-11)21-9-8-13(10-21)12-6-4-3-5-7-12/h3-7,13H,8-10H2,1-2H3,(H3,17,18). The molecule has 0 spiro atoms. The Morgan fingerprint density at radius 2 is 2.05 bits per heavy atom. The number of nitrogens with one attached hydrogen (secondary N) is 1. The average molecular weight is 283 g/mol. The molecule has 1 aliphatic heterocycles. The Balaban J connectivity index is 1.89.